The third-order valence-electron chi connectivity index (χ3n) is 2.69. The Morgan fingerprint density at radius 1 is 1.28 bits per heavy atom. The average molecular weight is 290 g/mol. The molecule has 0 radical (unpaired) electrons. The Hall–Kier alpha value is -0.670. The van der Waals surface area contributed by atoms with E-state index in [0.29, 0.717) is 21.9 Å². The summed E-state index contributed by atoms with van der Waals surface area (Å²) in [5.74, 6) is 1.49. The summed E-state index contributed by atoms with van der Waals surface area (Å²) in [4.78, 5) is 6.70. The molecule has 1 heterocycles. The van der Waals surface area contributed by atoms with Crippen molar-refractivity contribution in [2.45, 2.75) is 40.2 Å². The number of hydrogen-bond acceptors (Lipinski definition) is 3. The minimum absolute atomic E-state index is 0.347. The van der Waals surface area contributed by atoms with Gasteiger partial charge in [-0.3, -0.25) is 0 Å². The summed E-state index contributed by atoms with van der Waals surface area (Å²) in [5, 5.41) is 4.38. The molecular formula is C13H21Cl2N3. The van der Waals surface area contributed by atoms with Crippen molar-refractivity contribution in [1.82, 2.24) is 4.98 Å². The fourth-order valence-electron chi connectivity index (χ4n) is 1.79. The van der Waals surface area contributed by atoms with Gasteiger partial charge in [-0.1, -0.05) is 30.1 Å². The van der Waals surface area contributed by atoms with E-state index >= 15 is 0 Å². The maximum absolute atomic E-state index is 6.24. The summed E-state index contributed by atoms with van der Waals surface area (Å²) in [6.07, 6.45) is 1.03. The molecule has 1 aromatic rings. The van der Waals surface area contributed by atoms with E-state index in [4.69, 9.17) is 23.2 Å². The Kier molecular flexibility index (Phi) is 6.03. The first-order chi connectivity index (χ1) is 8.51. The van der Waals surface area contributed by atoms with Crippen LogP contribution in [-0.2, 0) is 0 Å². The van der Waals surface area contributed by atoms with Crippen molar-refractivity contribution in [3.63, 3.8) is 0 Å². The number of nitrogens with one attached hydrogen (secondary N) is 1. The summed E-state index contributed by atoms with van der Waals surface area (Å²) >= 11 is 12.4. The van der Waals surface area contributed by atoms with Crippen LogP contribution in [0, 0.1) is 0 Å². The van der Waals surface area contributed by atoms with Gasteiger partial charge in [0.1, 0.15) is 11.6 Å². The summed E-state index contributed by atoms with van der Waals surface area (Å²) < 4.78 is 0. The first-order valence-electron chi connectivity index (χ1n) is 6.37. The molecule has 102 valence electrons. The highest BCUT2D eigenvalue weighted by Gasteiger charge is 2.16. The molecule has 0 aliphatic carbocycles. The van der Waals surface area contributed by atoms with Gasteiger partial charge in [-0.15, -0.1) is 0 Å². The molecule has 0 saturated heterocycles. The lowest BCUT2D eigenvalue weighted by Crippen LogP contribution is -2.31. The standard InChI is InChI=1S/C13H21Cl2N3/c1-5-7-16-12-10(14)8-11(15)13(17-12)18(6-2)9(3)4/h8-9H,5-7H2,1-4H3,(H,16,17). The molecule has 1 aromatic heterocycles. The molecule has 0 bridgehead atoms. The lowest BCUT2D eigenvalue weighted by molar-refractivity contribution is 0.694. The molecule has 0 aromatic carbocycles. The molecule has 0 fully saturated rings. The van der Waals surface area contributed by atoms with Crippen LogP contribution in [0.1, 0.15) is 34.1 Å². The molecule has 3 nitrogen and oxygen atoms in total. The Bertz CT molecular complexity index is 394. The predicted octanol–water partition coefficient (Wildman–Crippen LogP) is 4.45. The van der Waals surface area contributed by atoms with E-state index in [9.17, 15) is 0 Å². The van der Waals surface area contributed by atoms with Crippen LogP contribution in [0.25, 0.3) is 0 Å². The molecule has 0 saturated carbocycles. The highest BCUT2D eigenvalue weighted by molar-refractivity contribution is 6.37. The van der Waals surface area contributed by atoms with Crippen molar-refractivity contribution in [2.75, 3.05) is 23.3 Å². The Labute approximate surface area is 119 Å². The first-order valence-corrected chi connectivity index (χ1v) is 7.13. The quantitative estimate of drug-likeness (QED) is 0.839. The van der Waals surface area contributed by atoms with Gasteiger partial charge in [0.25, 0.3) is 0 Å². The summed E-state index contributed by atoms with van der Waals surface area (Å²) in [6, 6.07) is 2.11. The second-order valence-electron chi connectivity index (χ2n) is 4.43. The highest BCUT2D eigenvalue weighted by atomic mass is 35.5. The van der Waals surface area contributed by atoms with E-state index in [2.05, 4.69) is 42.9 Å². The van der Waals surface area contributed by atoms with Gasteiger partial charge in [-0.05, 0) is 33.3 Å². The number of anilines is 2. The number of nitrogens with zero attached hydrogens (tertiary/aromatic N) is 2. The minimum atomic E-state index is 0.347. The van der Waals surface area contributed by atoms with Gasteiger partial charge in [0.05, 0.1) is 10.0 Å². The monoisotopic (exact) mass is 289 g/mol. The number of pyridine rings is 1. The zero-order valence-electron chi connectivity index (χ0n) is 11.4. The molecule has 1 rings (SSSR count). The van der Waals surface area contributed by atoms with Gasteiger partial charge in [0.2, 0.25) is 0 Å². The number of aromatic nitrogens is 1. The zero-order chi connectivity index (χ0) is 13.7. The van der Waals surface area contributed by atoms with Crippen LogP contribution in [0.4, 0.5) is 11.6 Å². The number of rotatable bonds is 6. The lowest BCUT2D eigenvalue weighted by Gasteiger charge is -2.27. The molecule has 0 aliphatic heterocycles. The molecule has 5 heteroatoms. The van der Waals surface area contributed by atoms with Gasteiger partial charge < -0.3 is 10.2 Å². The summed E-state index contributed by atoms with van der Waals surface area (Å²) in [7, 11) is 0. The molecule has 0 spiro atoms. The van der Waals surface area contributed by atoms with Crippen LogP contribution >= 0.6 is 23.2 Å². The molecule has 1 N–H and O–H groups in total. The van der Waals surface area contributed by atoms with Crippen molar-refractivity contribution >= 4 is 34.8 Å². The topological polar surface area (TPSA) is 28.2 Å². The fraction of sp³-hybridized carbons (Fsp3) is 0.615. The Morgan fingerprint density at radius 2 is 1.94 bits per heavy atom. The van der Waals surface area contributed by atoms with E-state index < -0.39 is 0 Å². The van der Waals surface area contributed by atoms with Gasteiger partial charge >= 0.3 is 0 Å². The number of halogens is 2. The third kappa shape index (κ3) is 3.66. The Morgan fingerprint density at radius 3 is 2.44 bits per heavy atom. The molecule has 18 heavy (non-hydrogen) atoms. The smallest absolute Gasteiger partial charge is 0.150 e. The van der Waals surface area contributed by atoms with Crippen molar-refractivity contribution in [3.8, 4) is 0 Å². The van der Waals surface area contributed by atoms with Crippen LogP contribution in [0.2, 0.25) is 10.0 Å². The lowest BCUT2D eigenvalue weighted by atomic mass is 10.3. The first kappa shape index (κ1) is 15.4. The minimum Gasteiger partial charge on any atom is -0.369 e. The normalized spacial score (nSPS) is 10.8. The maximum Gasteiger partial charge on any atom is 0.150 e. The van der Waals surface area contributed by atoms with Crippen molar-refractivity contribution < 1.29 is 0 Å². The summed E-state index contributed by atoms with van der Waals surface area (Å²) in [6.45, 7) is 10.1. The van der Waals surface area contributed by atoms with Gasteiger partial charge in [0.15, 0.2) is 0 Å². The van der Waals surface area contributed by atoms with Crippen LogP contribution in [0.3, 0.4) is 0 Å². The molecule has 0 aliphatic rings. The SMILES string of the molecule is CCCNc1nc(N(CC)C(C)C)c(Cl)cc1Cl. The van der Waals surface area contributed by atoms with E-state index in [1.165, 1.54) is 0 Å². The number of hydrogen-bond donors (Lipinski definition) is 1. The third-order valence-corrected chi connectivity index (χ3v) is 3.26. The molecule has 0 amide bonds. The van der Waals surface area contributed by atoms with Crippen LogP contribution in [0.5, 0.6) is 0 Å². The maximum atomic E-state index is 6.24. The van der Waals surface area contributed by atoms with Crippen molar-refractivity contribution in [3.05, 3.63) is 16.1 Å². The van der Waals surface area contributed by atoms with Gasteiger partial charge in [-0.25, -0.2) is 4.98 Å². The van der Waals surface area contributed by atoms with Crippen LogP contribution < -0.4 is 10.2 Å². The van der Waals surface area contributed by atoms with E-state index in [0.717, 1.165) is 25.3 Å². The van der Waals surface area contributed by atoms with Gasteiger partial charge in [-0.2, -0.15) is 0 Å². The zero-order valence-corrected chi connectivity index (χ0v) is 12.9. The molecule has 0 atom stereocenters. The van der Waals surface area contributed by atoms with E-state index in [1.807, 2.05) is 0 Å². The van der Waals surface area contributed by atoms with E-state index in [-0.39, 0.29) is 0 Å². The fourth-order valence-corrected chi connectivity index (χ4v) is 2.32. The largest absolute Gasteiger partial charge is 0.369 e. The van der Waals surface area contributed by atoms with Crippen LogP contribution in [-0.4, -0.2) is 24.1 Å². The van der Waals surface area contributed by atoms with Crippen molar-refractivity contribution in [1.29, 1.82) is 0 Å². The second-order valence-corrected chi connectivity index (χ2v) is 5.25. The second kappa shape index (κ2) is 7.05. The molecular weight excluding hydrogens is 269 g/mol. The Balaban J connectivity index is 3.10. The van der Waals surface area contributed by atoms with Crippen molar-refractivity contribution in [2.24, 2.45) is 0 Å². The predicted molar refractivity (Wildman–Crippen MR) is 81.2 cm³/mol. The average Bonchev–Trinajstić information content (AvgIpc) is 2.31. The highest BCUT2D eigenvalue weighted by Crippen LogP contribution is 2.32. The van der Waals surface area contributed by atoms with Gasteiger partial charge in [0, 0.05) is 19.1 Å². The summed E-state index contributed by atoms with van der Waals surface area (Å²) in [5.41, 5.74) is 0. The van der Waals surface area contributed by atoms with Crippen LogP contribution in [0.15, 0.2) is 6.07 Å². The van der Waals surface area contributed by atoms with E-state index in [1.54, 1.807) is 6.07 Å². The molecule has 0 unspecified atom stereocenters.